The summed E-state index contributed by atoms with van der Waals surface area (Å²) in [6, 6.07) is 68.5. The number of rotatable bonds is 28. The SMILES string of the molecule is CCOC(=O)/C=C/C(C)OC(=O)NCc1ccccc1.CCOC(=O)/C=C/[C@@H](C)NCc1ccccc1.CCOC(=O)/C=C/[C@H](C)OC(=O)NCc1ccccc1.Cc1ccc2ccccc2c1C(=O)N[C@@H]1CCCC[C@H]1NC(=O)c1c(PP)ccc2ccccc12.Cc1ccccc1C(=O)N[C@@H]1CCCC[C@H]1NC(=O)c1ccccc1PP. The standard InChI is InChI=1S/C29H30N2O2P2.C21H26N2O2P2.2C15H19NO4.C14H19NO2/c1-18-14-15-19-8-2-4-10-21(19)26(18)28(32)30-23-12-6-7-13-24(23)31-29(33)27-22-11-5-3-9-20(22)16-17-25(27)35-34;1-14-8-2-3-9-15(14)20(24)22-17-11-5-6-12-18(17)23-21(25)16-10-4-7-13-19(16)27-26;2*1-3-19-14(17)10-9-12(2)20-15(18)16-11-13-7-5-4-6-8-13;1-3-17-14(16)10-9-12(2)15-11-13-7-5-4-6-8-13/h2-5,8-11,14-17,23-24,35H,6-7,12-13,34H2,1H3,(H,30,32)(H,31,33);2-4,7-10,13,17-18,27H,5-6,11-12,26H2,1H3,(H,22,24)(H,23,25);2*4-10,12H,3,11H2,1-2H3,(H,16,18);4-10,12,15H,3,11H2,1-2H3/b;;3*10-9+/t23-,24-;17-,18-;12-;;12-/m110.1/s1. The molecular weight excluding hydrogens is 1570 g/mol. The lowest BCUT2D eigenvalue weighted by Gasteiger charge is -2.33. The van der Waals surface area contributed by atoms with Crippen LogP contribution in [0.2, 0.25) is 0 Å². The molecule has 2 saturated carbocycles. The number of hydrogen-bond donors (Lipinski definition) is 7. The van der Waals surface area contributed by atoms with Crippen LogP contribution in [0.15, 0.2) is 249 Å². The summed E-state index contributed by atoms with van der Waals surface area (Å²) in [5.74, 6) is -1.43. The minimum atomic E-state index is -0.533. The molecule has 0 radical (unpaired) electrons. The number of aryl methyl sites for hydroxylation is 2. The minimum Gasteiger partial charge on any atom is -0.463 e. The maximum absolute atomic E-state index is 13.6. The van der Waals surface area contributed by atoms with Gasteiger partial charge in [-0.2, -0.15) is 0 Å². The number of benzene rings is 9. The van der Waals surface area contributed by atoms with E-state index in [4.69, 9.17) is 23.7 Å². The van der Waals surface area contributed by atoms with Gasteiger partial charge in [0.2, 0.25) is 0 Å². The fraction of sp³-hybridized carbons (Fsp3) is 0.309. The number of carbonyl (C=O) groups is 9. The van der Waals surface area contributed by atoms with Crippen LogP contribution in [-0.2, 0) is 57.7 Å². The van der Waals surface area contributed by atoms with E-state index < -0.39 is 36.3 Å². The predicted molar refractivity (Wildman–Crippen MR) is 486 cm³/mol. The molecule has 2 aliphatic carbocycles. The van der Waals surface area contributed by atoms with E-state index in [1.807, 2.05) is 209 Å². The summed E-state index contributed by atoms with van der Waals surface area (Å²) in [5, 5.41) is 27.6. The van der Waals surface area contributed by atoms with Gasteiger partial charge < -0.3 is 60.9 Å². The molecule has 6 amide bonds. The first-order valence-electron chi connectivity index (χ1n) is 40.2. The summed E-state index contributed by atoms with van der Waals surface area (Å²) >= 11 is 0. The van der Waals surface area contributed by atoms with Gasteiger partial charge in [-0.1, -0.05) is 248 Å². The van der Waals surface area contributed by atoms with Crippen LogP contribution in [0.4, 0.5) is 9.59 Å². The zero-order valence-electron chi connectivity index (χ0n) is 69.0. The Morgan fingerprint density at radius 1 is 0.387 bits per heavy atom. The molecule has 25 heteroatoms. The molecule has 0 saturated heterocycles. The van der Waals surface area contributed by atoms with E-state index in [2.05, 4.69) is 79.3 Å². The Bertz CT molecular complexity index is 4760. The molecule has 0 aromatic heterocycles. The second kappa shape index (κ2) is 52.9. The summed E-state index contributed by atoms with van der Waals surface area (Å²) < 4.78 is 24.4. The Labute approximate surface area is 707 Å². The molecule has 9 aromatic carbocycles. The van der Waals surface area contributed by atoms with Crippen molar-refractivity contribution < 1.29 is 66.8 Å². The second-order valence-corrected chi connectivity index (χ2v) is 31.5. The molecular formula is C94H113N7O14P4. The van der Waals surface area contributed by atoms with Crippen molar-refractivity contribution in [2.24, 2.45) is 0 Å². The maximum Gasteiger partial charge on any atom is 0.407 e. The van der Waals surface area contributed by atoms with Gasteiger partial charge in [0, 0.05) is 79.2 Å². The highest BCUT2D eigenvalue weighted by Gasteiger charge is 2.32. The van der Waals surface area contributed by atoms with Crippen molar-refractivity contribution in [3.8, 4) is 0 Å². The van der Waals surface area contributed by atoms with Crippen molar-refractivity contribution >= 4 is 120 Å². The van der Waals surface area contributed by atoms with E-state index in [-0.39, 0.29) is 59.8 Å². The monoisotopic (exact) mass is 1690 g/mol. The minimum absolute atomic E-state index is 0.0413. The molecule has 7 N–H and O–H groups in total. The van der Waals surface area contributed by atoms with Gasteiger partial charge in [-0.25, -0.2) is 24.0 Å². The molecule has 11 rings (SSSR count). The third-order valence-electron chi connectivity index (χ3n) is 19.2. The van der Waals surface area contributed by atoms with Crippen molar-refractivity contribution in [2.75, 3.05) is 19.8 Å². The molecule has 0 aliphatic heterocycles. The van der Waals surface area contributed by atoms with Crippen LogP contribution in [0.3, 0.4) is 0 Å². The van der Waals surface area contributed by atoms with Crippen LogP contribution in [0.1, 0.15) is 162 Å². The molecule has 2 aliphatic rings. The van der Waals surface area contributed by atoms with Crippen molar-refractivity contribution in [3.63, 3.8) is 0 Å². The zero-order valence-corrected chi connectivity index (χ0v) is 73.3. The third-order valence-corrected chi connectivity index (χ3v) is 22.5. The largest absolute Gasteiger partial charge is 0.463 e. The average molecular weight is 1690 g/mol. The van der Waals surface area contributed by atoms with Crippen molar-refractivity contribution in [1.82, 2.24) is 37.2 Å². The summed E-state index contributed by atoms with van der Waals surface area (Å²) in [4.78, 5) is 109. The van der Waals surface area contributed by atoms with Gasteiger partial charge >= 0.3 is 30.1 Å². The summed E-state index contributed by atoms with van der Waals surface area (Å²) in [6.07, 6.45) is 14.3. The van der Waals surface area contributed by atoms with Gasteiger partial charge in [-0.05, 0) is 165 Å². The number of esters is 3. The summed E-state index contributed by atoms with van der Waals surface area (Å²) in [6.45, 7) is 17.1. The number of amides is 6. The van der Waals surface area contributed by atoms with Gasteiger partial charge in [-0.3, -0.25) is 19.2 Å². The Balaban J connectivity index is 0.000000211. The quantitative estimate of drug-likeness (QED) is 0.0104. The molecule has 21 nitrogen and oxygen atoms in total. The highest BCUT2D eigenvalue weighted by atomic mass is 32.0. The Morgan fingerprint density at radius 3 is 1.19 bits per heavy atom. The smallest absolute Gasteiger partial charge is 0.407 e. The Hall–Kier alpha value is -10.8. The first-order valence-corrected chi connectivity index (χ1v) is 45.8. The Kier molecular flexibility index (Phi) is 42.4. The molecule has 9 aromatic rings. The Morgan fingerprint density at radius 2 is 0.748 bits per heavy atom. The normalized spacial score (nSPS) is 15.6. The van der Waals surface area contributed by atoms with E-state index in [1.165, 1.54) is 35.9 Å². The average Bonchev–Trinajstić information content (AvgIpc) is 0.788. The van der Waals surface area contributed by atoms with E-state index in [9.17, 15) is 43.2 Å². The first kappa shape index (κ1) is 95.4. The highest BCUT2D eigenvalue weighted by Crippen LogP contribution is 2.30. The van der Waals surface area contributed by atoms with Gasteiger partial charge in [0.25, 0.3) is 23.6 Å². The predicted octanol–water partition coefficient (Wildman–Crippen LogP) is 16.6. The number of alkyl carbamates (subject to hydrolysis) is 2. The number of nitrogens with one attached hydrogen (secondary N) is 7. The van der Waals surface area contributed by atoms with Crippen LogP contribution in [-0.4, -0.2) is 116 Å². The van der Waals surface area contributed by atoms with Gasteiger partial charge in [0.05, 0.1) is 30.9 Å². The lowest BCUT2D eigenvalue weighted by Crippen LogP contribution is -2.53. The maximum atomic E-state index is 13.6. The van der Waals surface area contributed by atoms with Crippen LogP contribution in [0.25, 0.3) is 21.5 Å². The van der Waals surface area contributed by atoms with E-state index in [0.717, 1.165) is 129 Å². The van der Waals surface area contributed by atoms with Gasteiger partial charge in [0.1, 0.15) is 12.2 Å². The summed E-state index contributed by atoms with van der Waals surface area (Å²) in [5.41, 5.74) is 8.00. The van der Waals surface area contributed by atoms with E-state index in [0.29, 0.717) is 55.0 Å². The van der Waals surface area contributed by atoms with E-state index >= 15 is 0 Å². The van der Waals surface area contributed by atoms with Crippen LogP contribution in [0.5, 0.6) is 0 Å². The zero-order chi connectivity index (χ0) is 85.7. The van der Waals surface area contributed by atoms with Crippen LogP contribution in [0, 0.1) is 13.8 Å². The molecule has 5 unspecified atom stereocenters. The highest BCUT2D eigenvalue weighted by molar-refractivity contribution is 8.07. The number of fused-ring (bicyclic) bond motifs is 2. The molecule has 0 bridgehead atoms. The van der Waals surface area contributed by atoms with Crippen LogP contribution >= 0.6 is 34.4 Å². The van der Waals surface area contributed by atoms with Crippen molar-refractivity contribution in [2.45, 2.75) is 169 Å². The molecule has 11 atom stereocenters. The lowest BCUT2D eigenvalue weighted by atomic mass is 9.89. The lowest BCUT2D eigenvalue weighted by molar-refractivity contribution is -0.138. The molecule has 628 valence electrons. The number of hydrogen-bond acceptors (Lipinski definition) is 15. The number of carbonyl (C=O) groups excluding carboxylic acids is 9. The third kappa shape index (κ3) is 33.5. The second-order valence-electron chi connectivity index (χ2n) is 28.1. The molecule has 0 heterocycles. The summed E-state index contributed by atoms with van der Waals surface area (Å²) in [7, 11) is 6.39. The van der Waals surface area contributed by atoms with Gasteiger partial charge in [0.15, 0.2) is 0 Å². The van der Waals surface area contributed by atoms with Crippen molar-refractivity contribution in [1.29, 1.82) is 0 Å². The van der Waals surface area contributed by atoms with Crippen molar-refractivity contribution in [3.05, 3.63) is 299 Å². The van der Waals surface area contributed by atoms with E-state index in [1.54, 1.807) is 40.7 Å². The fourth-order valence-corrected chi connectivity index (χ4v) is 15.7. The topological polar surface area (TPSA) is 284 Å². The number of ether oxygens (including phenoxy) is 5. The molecule has 2 fully saturated rings. The van der Waals surface area contributed by atoms with Crippen LogP contribution < -0.4 is 47.8 Å². The molecule has 119 heavy (non-hydrogen) atoms. The first-order chi connectivity index (χ1) is 57.6. The molecule has 0 spiro atoms. The van der Waals surface area contributed by atoms with Gasteiger partial charge in [-0.15, -0.1) is 17.9 Å². The fourth-order valence-electron chi connectivity index (χ4n) is 13.1.